The van der Waals surface area contributed by atoms with Crippen molar-refractivity contribution in [1.82, 2.24) is 10.2 Å². The summed E-state index contributed by atoms with van der Waals surface area (Å²) >= 11 is 0. The molecule has 0 atom stereocenters. The molecule has 1 N–H and O–H groups in total. The highest BCUT2D eigenvalue weighted by Gasteiger charge is 2.23. The lowest BCUT2D eigenvalue weighted by atomic mass is 10.1. The monoisotopic (exact) mass is 287 g/mol. The molecule has 0 saturated carbocycles. The zero-order valence-corrected chi connectivity index (χ0v) is 11.2. The van der Waals surface area contributed by atoms with Crippen LogP contribution in [0.3, 0.4) is 0 Å². The average Bonchev–Trinajstić information content (AvgIpc) is 2.40. The summed E-state index contributed by atoms with van der Waals surface area (Å²) in [4.78, 5) is 22.6. The Labute approximate surface area is 114 Å². The van der Waals surface area contributed by atoms with Crippen molar-refractivity contribution in [3.63, 3.8) is 0 Å². The third kappa shape index (κ3) is 3.70. The number of benzene rings is 1. The van der Waals surface area contributed by atoms with E-state index >= 15 is 0 Å². The van der Waals surface area contributed by atoms with E-state index in [-0.39, 0.29) is 0 Å². The Bertz CT molecular complexity index is 523. The fraction of sp³-hybridized carbons (Fsp3) is 0.417. The Morgan fingerprint density at radius 3 is 2.60 bits per heavy atom. The fourth-order valence-corrected chi connectivity index (χ4v) is 1.64. The van der Waals surface area contributed by atoms with Crippen molar-refractivity contribution in [2.24, 2.45) is 0 Å². The molecular formula is C12H15F2N3O3. The third-order valence-electron chi connectivity index (χ3n) is 2.73. The molecule has 0 aliphatic heterocycles. The Kier molecular flexibility index (Phi) is 5.51. The van der Waals surface area contributed by atoms with Crippen LogP contribution in [0, 0.1) is 21.7 Å². The zero-order valence-electron chi connectivity index (χ0n) is 11.2. The second-order valence-corrected chi connectivity index (χ2v) is 4.22. The summed E-state index contributed by atoms with van der Waals surface area (Å²) in [7, 11) is 3.21. The van der Waals surface area contributed by atoms with E-state index in [1.807, 2.05) is 0 Å². The second kappa shape index (κ2) is 6.90. The summed E-state index contributed by atoms with van der Waals surface area (Å²) in [5, 5.41) is 13.4. The highest BCUT2D eigenvalue weighted by molar-refractivity contribution is 5.94. The lowest BCUT2D eigenvalue weighted by molar-refractivity contribution is -0.387. The van der Waals surface area contributed by atoms with Crippen LogP contribution in [-0.4, -0.2) is 42.9 Å². The van der Waals surface area contributed by atoms with E-state index in [2.05, 4.69) is 5.32 Å². The number of rotatable bonds is 6. The molecule has 0 heterocycles. The number of halogens is 2. The number of nitro groups is 1. The zero-order chi connectivity index (χ0) is 15.3. The van der Waals surface area contributed by atoms with E-state index < -0.39 is 33.7 Å². The van der Waals surface area contributed by atoms with Crippen LogP contribution in [0.25, 0.3) is 0 Å². The average molecular weight is 287 g/mol. The van der Waals surface area contributed by atoms with Crippen LogP contribution >= 0.6 is 0 Å². The van der Waals surface area contributed by atoms with Crippen LogP contribution in [-0.2, 0) is 0 Å². The number of hydrogen-bond acceptors (Lipinski definition) is 4. The maximum absolute atomic E-state index is 13.7. The summed E-state index contributed by atoms with van der Waals surface area (Å²) in [5.41, 5.74) is -1.50. The lowest BCUT2D eigenvalue weighted by Crippen LogP contribution is -2.30. The topological polar surface area (TPSA) is 75.5 Å². The molecule has 0 radical (unpaired) electrons. The van der Waals surface area contributed by atoms with E-state index in [4.69, 9.17) is 0 Å². The largest absolute Gasteiger partial charge is 0.342 e. The molecule has 110 valence electrons. The Balaban J connectivity index is 2.93. The summed E-state index contributed by atoms with van der Waals surface area (Å²) in [6.07, 6.45) is 0.649. The molecule has 1 amide bonds. The molecule has 0 fully saturated rings. The molecule has 1 aromatic rings. The molecule has 1 rings (SSSR count). The molecule has 1 aromatic carbocycles. The normalized spacial score (nSPS) is 10.4. The third-order valence-corrected chi connectivity index (χ3v) is 2.73. The van der Waals surface area contributed by atoms with Crippen molar-refractivity contribution in [3.8, 4) is 0 Å². The van der Waals surface area contributed by atoms with Gasteiger partial charge in [-0.3, -0.25) is 14.9 Å². The van der Waals surface area contributed by atoms with Gasteiger partial charge in [-0.2, -0.15) is 4.39 Å². The maximum atomic E-state index is 13.7. The van der Waals surface area contributed by atoms with Crippen molar-refractivity contribution in [3.05, 3.63) is 39.4 Å². The summed E-state index contributed by atoms with van der Waals surface area (Å²) in [6.45, 7) is 1.03. The van der Waals surface area contributed by atoms with Crippen LogP contribution in [0.2, 0.25) is 0 Å². The van der Waals surface area contributed by atoms with Crippen LogP contribution in [0.1, 0.15) is 16.8 Å². The number of nitrogens with zero attached hydrogens (tertiary/aromatic N) is 2. The molecule has 0 unspecified atom stereocenters. The van der Waals surface area contributed by atoms with Gasteiger partial charge in [-0.1, -0.05) is 0 Å². The molecule has 0 aliphatic carbocycles. The van der Waals surface area contributed by atoms with E-state index in [1.165, 1.54) is 11.9 Å². The van der Waals surface area contributed by atoms with Gasteiger partial charge in [-0.15, -0.1) is 0 Å². The minimum atomic E-state index is -1.23. The van der Waals surface area contributed by atoms with Crippen molar-refractivity contribution < 1.29 is 18.5 Å². The standard InChI is InChI=1S/C12H15F2N3O3/c1-15-4-3-5-16(2)12(18)8-6-10(14)11(17(19)20)7-9(8)13/h6-7,15H,3-5H2,1-2H3. The molecule has 20 heavy (non-hydrogen) atoms. The van der Waals surface area contributed by atoms with Crippen molar-refractivity contribution >= 4 is 11.6 Å². The smallest absolute Gasteiger partial charge is 0.307 e. The van der Waals surface area contributed by atoms with Crippen LogP contribution in [0.4, 0.5) is 14.5 Å². The van der Waals surface area contributed by atoms with Crippen LogP contribution in [0.5, 0.6) is 0 Å². The van der Waals surface area contributed by atoms with E-state index in [0.717, 1.165) is 0 Å². The van der Waals surface area contributed by atoms with E-state index in [1.54, 1.807) is 7.05 Å². The molecule has 6 nitrogen and oxygen atoms in total. The number of carbonyl (C=O) groups is 1. The Morgan fingerprint density at radius 2 is 2.05 bits per heavy atom. The van der Waals surface area contributed by atoms with Gasteiger partial charge in [0, 0.05) is 13.6 Å². The highest BCUT2D eigenvalue weighted by atomic mass is 19.1. The minimum absolute atomic E-state index is 0.359. The number of nitrogens with one attached hydrogen (secondary N) is 1. The van der Waals surface area contributed by atoms with Gasteiger partial charge in [0.1, 0.15) is 5.82 Å². The second-order valence-electron chi connectivity index (χ2n) is 4.22. The first-order chi connectivity index (χ1) is 9.38. The Hall–Kier alpha value is -2.09. The summed E-state index contributed by atoms with van der Waals surface area (Å²) in [6, 6.07) is 0.981. The van der Waals surface area contributed by atoms with Gasteiger partial charge in [0.05, 0.1) is 16.6 Å². The van der Waals surface area contributed by atoms with Gasteiger partial charge < -0.3 is 10.2 Å². The van der Waals surface area contributed by atoms with E-state index in [0.29, 0.717) is 31.6 Å². The number of carbonyl (C=O) groups excluding carboxylic acids is 1. The first kappa shape index (κ1) is 16.0. The number of amides is 1. The van der Waals surface area contributed by atoms with Gasteiger partial charge in [0.2, 0.25) is 5.82 Å². The predicted molar refractivity (Wildman–Crippen MR) is 68.5 cm³/mol. The van der Waals surface area contributed by atoms with Gasteiger partial charge in [0.25, 0.3) is 5.91 Å². The van der Waals surface area contributed by atoms with Crippen molar-refractivity contribution in [2.45, 2.75) is 6.42 Å². The predicted octanol–water partition coefficient (Wildman–Crippen LogP) is 1.55. The molecule has 0 aliphatic rings. The summed E-state index contributed by atoms with van der Waals surface area (Å²) in [5.74, 6) is -3.06. The van der Waals surface area contributed by atoms with Gasteiger partial charge >= 0.3 is 5.69 Å². The fourth-order valence-electron chi connectivity index (χ4n) is 1.64. The van der Waals surface area contributed by atoms with Crippen molar-refractivity contribution in [1.29, 1.82) is 0 Å². The SMILES string of the molecule is CNCCCN(C)C(=O)c1cc(F)c([N+](=O)[O-])cc1F. The molecule has 0 bridgehead atoms. The van der Waals surface area contributed by atoms with E-state index in [9.17, 15) is 23.7 Å². The number of hydrogen-bond donors (Lipinski definition) is 1. The van der Waals surface area contributed by atoms with Gasteiger partial charge in [-0.25, -0.2) is 4.39 Å². The highest BCUT2D eigenvalue weighted by Crippen LogP contribution is 2.22. The van der Waals surface area contributed by atoms with Crippen LogP contribution < -0.4 is 5.32 Å². The molecular weight excluding hydrogens is 272 g/mol. The summed E-state index contributed by atoms with van der Waals surface area (Å²) < 4.78 is 27.1. The Morgan fingerprint density at radius 1 is 1.40 bits per heavy atom. The molecule has 0 spiro atoms. The first-order valence-corrected chi connectivity index (χ1v) is 5.92. The molecule has 0 aromatic heterocycles. The van der Waals surface area contributed by atoms with Crippen LogP contribution in [0.15, 0.2) is 12.1 Å². The van der Waals surface area contributed by atoms with Gasteiger partial charge in [-0.05, 0) is 26.1 Å². The molecule has 0 saturated heterocycles. The molecule has 8 heteroatoms. The first-order valence-electron chi connectivity index (χ1n) is 5.92. The maximum Gasteiger partial charge on any atom is 0.307 e. The van der Waals surface area contributed by atoms with Gasteiger partial charge in [0.15, 0.2) is 0 Å². The lowest BCUT2D eigenvalue weighted by Gasteiger charge is -2.17. The quantitative estimate of drug-likeness (QED) is 0.489. The minimum Gasteiger partial charge on any atom is -0.342 e. The number of nitro benzene ring substituents is 1. The van der Waals surface area contributed by atoms with Crippen molar-refractivity contribution in [2.75, 3.05) is 27.2 Å².